The lowest BCUT2D eigenvalue weighted by Gasteiger charge is -2.20. The maximum atomic E-state index is 9.66. The van der Waals surface area contributed by atoms with E-state index in [-0.39, 0.29) is 18.6 Å². The molecular weight excluding hydrogens is 418 g/mol. The van der Waals surface area contributed by atoms with Crippen molar-refractivity contribution in [1.29, 1.82) is 0 Å². The van der Waals surface area contributed by atoms with E-state index in [2.05, 4.69) is 41.5 Å². The molecule has 146 valence electrons. The van der Waals surface area contributed by atoms with Crippen LogP contribution in [0, 0.1) is 12.8 Å². The van der Waals surface area contributed by atoms with Gasteiger partial charge in [0.25, 0.3) is 0 Å². The molecule has 0 saturated heterocycles. The zero-order valence-electron chi connectivity index (χ0n) is 16.1. The molecule has 0 saturated carbocycles. The second kappa shape index (κ2) is 9.12. The lowest BCUT2D eigenvalue weighted by atomic mass is 10.1. The lowest BCUT2D eigenvalue weighted by Crippen LogP contribution is -2.30. The SMILES string of the molecule is Cc1cc(Br)ccc1Nc1cc(-c2ccccn2)nc(N[C@@H](CO)C(C)C)n1. The molecule has 0 spiro atoms. The third kappa shape index (κ3) is 5.05. The summed E-state index contributed by atoms with van der Waals surface area (Å²) >= 11 is 3.49. The van der Waals surface area contributed by atoms with Gasteiger partial charge in [-0.3, -0.25) is 4.98 Å². The summed E-state index contributed by atoms with van der Waals surface area (Å²) in [7, 11) is 0. The van der Waals surface area contributed by atoms with Crippen LogP contribution in [0.4, 0.5) is 17.5 Å². The van der Waals surface area contributed by atoms with Gasteiger partial charge in [-0.15, -0.1) is 0 Å². The molecule has 0 bridgehead atoms. The van der Waals surface area contributed by atoms with E-state index in [1.807, 2.05) is 63.2 Å². The number of rotatable bonds is 7. The minimum atomic E-state index is -0.138. The van der Waals surface area contributed by atoms with Gasteiger partial charge in [0.2, 0.25) is 5.95 Å². The number of aliphatic hydroxyl groups is 1. The standard InChI is InChI=1S/C21H24BrN5O/c1-13(2)19(12-28)26-21-25-18(17-6-4-5-9-23-17)11-20(27-21)24-16-8-7-15(22)10-14(16)3/h4-11,13,19,28H,12H2,1-3H3,(H2,24,25,26,27)/t19-/m0/s1. The Kier molecular flexibility index (Phi) is 6.59. The second-order valence-corrected chi connectivity index (χ2v) is 7.85. The van der Waals surface area contributed by atoms with Crippen LogP contribution < -0.4 is 10.6 Å². The van der Waals surface area contributed by atoms with Crippen molar-refractivity contribution in [2.75, 3.05) is 17.2 Å². The number of aliphatic hydroxyl groups excluding tert-OH is 1. The molecule has 0 radical (unpaired) electrons. The van der Waals surface area contributed by atoms with Crippen LogP contribution in [0.25, 0.3) is 11.4 Å². The van der Waals surface area contributed by atoms with E-state index in [0.717, 1.165) is 21.4 Å². The maximum absolute atomic E-state index is 9.66. The molecule has 0 unspecified atom stereocenters. The second-order valence-electron chi connectivity index (χ2n) is 6.94. The number of hydrogen-bond donors (Lipinski definition) is 3. The molecule has 3 N–H and O–H groups in total. The number of aromatic nitrogens is 3. The zero-order valence-corrected chi connectivity index (χ0v) is 17.7. The number of pyridine rings is 1. The van der Waals surface area contributed by atoms with Gasteiger partial charge in [-0.2, -0.15) is 4.98 Å². The van der Waals surface area contributed by atoms with Crippen molar-refractivity contribution in [1.82, 2.24) is 15.0 Å². The molecular formula is C21H24BrN5O. The zero-order chi connectivity index (χ0) is 20.1. The van der Waals surface area contributed by atoms with Crippen LogP contribution in [0.1, 0.15) is 19.4 Å². The fraction of sp³-hybridized carbons (Fsp3) is 0.286. The van der Waals surface area contributed by atoms with Gasteiger partial charge in [0, 0.05) is 22.4 Å². The van der Waals surface area contributed by atoms with Crippen LogP contribution in [-0.2, 0) is 0 Å². The van der Waals surface area contributed by atoms with Crippen molar-refractivity contribution in [2.24, 2.45) is 5.92 Å². The summed E-state index contributed by atoms with van der Waals surface area (Å²) in [5.41, 5.74) is 3.52. The predicted octanol–water partition coefficient (Wildman–Crippen LogP) is 4.78. The first-order valence-corrected chi connectivity index (χ1v) is 9.96. The summed E-state index contributed by atoms with van der Waals surface area (Å²) < 4.78 is 1.03. The highest BCUT2D eigenvalue weighted by Gasteiger charge is 2.15. The van der Waals surface area contributed by atoms with Crippen molar-refractivity contribution in [3.05, 3.63) is 58.7 Å². The summed E-state index contributed by atoms with van der Waals surface area (Å²) in [6.07, 6.45) is 1.74. The van der Waals surface area contributed by atoms with E-state index in [1.54, 1.807) is 6.20 Å². The van der Waals surface area contributed by atoms with Gasteiger partial charge in [0.15, 0.2) is 0 Å². The first kappa shape index (κ1) is 20.2. The Morgan fingerprint density at radius 3 is 2.54 bits per heavy atom. The van der Waals surface area contributed by atoms with E-state index < -0.39 is 0 Å². The Morgan fingerprint density at radius 2 is 1.89 bits per heavy atom. The van der Waals surface area contributed by atoms with Crippen molar-refractivity contribution in [3.8, 4) is 11.4 Å². The maximum Gasteiger partial charge on any atom is 0.225 e. The summed E-state index contributed by atoms with van der Waals surface area (Å²) in [5, 5.41) is 16.3. The molecule has 0 aliphatic heterocycles. The van der Waals surface area contributed by atoms with Crippen molar-refractivity contribution < 1.29 is 5.11 Å². The number of hydrogen-bond acceptors (Lipinski definition) is 6. The molecule has 0 amide bonds. The fourth-order valence-corrected chi connectivity index (χ4v) is 3.19. The third-order valence-corrected chi connectivity index (χ3v) is 4.91. The fourth-order valence-electron chi connectivity index (χ4n) is 2.72. The average Bonchev–Trinajstić information content (AvgIpc) is 2.68. The summed E-state index contributed by atoms with van der Waals surface area (Å²) in [6.45, 7) is 6.12. The number of benzene rings is 1. The normalized spacial score (nSPS) is 12.1. The molecule has 0 aliphatic carbocycles. The first-order chi connectivity index (χ1) is 13.5. The van der Waals surface area contributed by atoms with Crippen molar-refractivity contribution in [3.63, 3.8) is 0 Å². The van der Waals surface area contributed by atoms with Gasteiger partial charge in [-0.05, 0) is 48.7 Å². The Bertz CT molecular complexity index is 933. The smallest absolute Gasteiger partial charge is 0.225 e. The summed E-state index contributed by atoms with van der Waals surface area (Å²) in [4.78, 5) is 13.6. The van der Waals surface area contributed by atoms with Crippen LogP contribution in [0.2, 0.25) is 0 Å². The predicted molar refractivity (Wildman–Crippen MR) is 117 cm³/mol. The minimum Gasteiger partial charge on any atom is -0.394 e. The van der Waals surface area contributed by atoms with Crippen molar-refractivity contribution >= 4 is 33.4 Å². The Morgan fingerprint density at radius 1 is 1.07 bits per heavy atom. The summed E-state index contributed by atoms with van der Waals surface area (Å²) in [5.74, 6) is 1.34. The van der Waals surface area contributed by atoms with Gasteiger partial charge in [0.05, 0.1) is 24.0 Å². The number of halogens is 1. The Labute approximate surface area is 173 Å². The van der Waals surface area contributed by atoms with Crippen LogP contribution in [0.5, 0.6) is 0 Å². The number of nitrogens with zero attached hydrogens (tertiary/aromatic N) is 3. The topological polar surface area (TPSA) is 83.0 Å². The average molecular weight is 442 g/mol. The molecule has 28 heavy (non-hydrogen) atoms. The summed E-state index contributed by atoms with van der Waals surface area (Å²) in [6, 6.07) is 13.5. The van der Waals surface area contributed by atoms with Gasteiger partial charge < -0.3 is 15.7 Å². The monoisotopic (exact) mass is 441 g/mol. The first-order valence-electron chi connectivity index (χ1n) is 9.17. The van der Waals surface area contributed by atoms with E-state index in [4.69, 9.17) is 0 Å². The molecule has 0 aliphatic rings. The van der Waals surface area contributed by atoms with Crippen LogP contribution >= 0.6 is 15.9 Å². The van der Waals surface area contributed by atoms with E-state index in [9.17, 15) is 5.11 Å². The largest absolute Gasteiger partial charge is 0.394 e. The number of aryl methyl sites for hydroxylation is 1. The Balaban J connectivity index is 1.99. The van der Waals surface area contributed by atoms with E-state index in [0.29, 0.717) is 17.5 Å². The molecule has 3 aromatic rings. The third-order valence-electron chi connectivity index (χ3n) is 4.42. The van der Waals surface area contributed by atoms with E-state index >= 15 is 0 Å². The van der Waals surface area contributed by atoms with Crippen LogP contribution in [-0.4, -0.2) is 32.7 Å². The number of nitrogens with one attached hydrogen (secondary N) is 2. The highest BCUT2D eigenvalue weighted by Crippen LogP contribution is 2.26. The molecule has 7 heteroatoms. The minimum absolute atomic E-state index is 0.00340. The van der Waals surface area contributed by atoms with Gasteiger partial charge in [-0.1, -0.05) is 35.8 Å². The van der Waals surface area contributed by atoms with Crippen molar-refractivity contribution in [2.45, 2.75) is 26.8 Å². The molecule has 2 heterocycles. The molecule has 3 rings (SSSR count). The molecule has 1 atom stereocenters. The van der Waals surface area contributed by atoms with Crippen LogP contribution in [0.3, 0.4) is 0 Å². The molecule has 6 nitrogen and oxygen atoms in total. The molecule has 1 aromatic carbocycles. The van der Waals surface area contributed by atoms with Gasteiger partial charge in [-0.25, -0.2) is 4.98 Å². The molecule has 0 fully saturated rings. The van der Waals surface area contributed by atoms with Gasteiger partial charge >= 0.3 is 0 Å². The Hall–Kier alpha value is -2.51. The lowest BCUT2D eigenvalue weighted by molar-refractivity contribution is 0.248. The highest BCUT2D eigenvalue weighted by atomic mass is 79.9. The van der Waals surface area contributed by atoms with Crippen LogP contribution in [0.15, 0.2) is 53.1 Å². The number of anilines is 3. The quantitative estimate of drug-likeness (QED) is 0.489. The highest BCUT2D eigenvalue weighted by molar-refractivity contribution is 9.10. The molecule has 2 aromatic heterocycles. The van der Waals surface area contributed by atoms with E-state index in [1.165, 1.54) is 0 Å². The van der Waals surface area contributed by atoms with Gasteiger partial charge in [0.1, 0.15) is 5.82 Å².